The Morgan fingerprint density at radius 2 is 1.90 bits per heavy atom. The number of nitrogens with zero attached hydrogens (tertiary/aromatic N) is 2. The molecule has 0 unspecified atom stereocenters. The number of hydrogen-bond acceptors (Lipinski definition) is 5. The second kappa shape index (κ2) is 8.88. The zero-order valence-corrected chi connectivity index (χ0v) is 18.4. The maximum atomic E-state index is 12.2. The van der Waals surface area contributed by atoms with Crippen LogP contribution in [0.25, 0.3) is 10.9 Å². The number of hydrogen-bond donors (Lipinski definition) is 3. The molecule has 1 amide bonds. The van der Waals surface area contributed by atoms with E-state index in [2.05, 4.69) is 50.9 Å². The van der Waals surface area contributed by atoms with Crippen molar-refractivity contribution in [2.75, 3.05) is 30.3 Å². The fraction of sp³-hybridized carbons (Fsp3) is 0.417. The number of likely N-dealkylation sites (tertiary alicyclic amines) is 1. The maximum Gasteiger partial charge on any atom is 0.410 e. The number of aromatic amines is 1. The third-order valence-electron chi connectivity index (χ3n) is 5.44. The molecule has 0 aliphatic carbocycles. The van der Waals surface area contributed by atoms with E-state index in [0.717, 1.165) is 55.1 Å². The molecular formula is C24H31N5O2. The van der Waals surface area contributed by atoms with Gasteiger partial charge in [-0.25, -0.2) is 4.79 Å². The molecule has 0 saturated carbocycles. The van der Waals surface area contributed by atoms with Crippen molar-refractivity contribution in [3.05, 3.63) is 48.9 Å². The topological polar surface area (TPSA) is 82.3 Å². The summed E-state index contributed by atoms with van der Waals surface area (Å²) >= 11 is 0. The molecule has 31 heavy (non-hydrogen) atoms. The molecule has 3 aromatic rings. The van der Waals surface area contributed by atoms with Crippen LogP contribution in [0.2, 0.25) is 0 Å². The summed E-state index contributed by atoms with van der Waals surface area (Å²) in [6, 6.07) is 10.4. The van der Waals surface area contributed by atoms with E-state index in [9.17, 15) is 4.79 Å². The van der Waals surface area contributed by atoms with Gasteiger partial charge in [0.2, 0.25) is 0 Å². The first-order valence-corrected chi connectivity index (χ1v) is 10.9. The second-order valence-corrected chi connectivity index (χ2v) is 9.16. The number of aromatic nitrogens is 2. The Hall–Kier alpha value is -3.22. The minimum atomic E-state index is -0.450. The van der Waals surface area contributed by atoms with Gasteiger partial charge in [0, 0.05) is 37.0 Å². The molecule has 2 aromatic heterocycles. The minimum absolute atomic E-state index is 0.209. The van der Waals surface area contributed by atoms with Crippen LogP contribution in [0.1, 0.15) is 33.6 Å². The lowest BCUT2D eigenvalue weighted by molar-refractivity contribution is 0.0188. The van der Waals surface area contributed by atoms with Gasteiger partial charge in [-0.1, -0.05) is 6.07 Å². The van der Waals surface area contributed by atoms with Crippen LogP contribution in [0.4, 0.5) is 21.9 Å². The van der Waals surface area contributed by atoms with Crippen molar-refractivity contribution in [1.29, 1.82) is 0 Å². The Bertz CT molecular complexity index is 1030. The van der Waals surface area contributed by atoms with Gasteiger partial charge in [0.1, 0.15) is 5.60 Å². The van der Waals surface area contributed by atoms with E-state index in [4.69, 9.17) is 4.74 Å². The number of amides is 1. The summed E-state index contributed by atoms with van der Waals surface area (Å²) in [7, 11) is 0. The Kier molecular flexibility index (Phi) is 6.02. The normalized spacial score (nSPS) is 15.1. The number of benzene rings is 1. The molecule has 1 aromatic carbocycles. The lowest BCUT2D eigenvalue weighted by Crippen LogP contribution is -2.42. The monoisotopic (exact) mass is 421 g/mol. The van der Waals surface area contributed by atoms with Crippen LogP contribution in [0.5, 0.6) is 0 Å². The number of carbonyl (C=O) groups excluding carboxylic acids is 1. The fourth-order valence-corrected chi connectivity index (χ4v) is 3.81. The Morgan fingerprint density at radius 1 is 1.13 bits per heavy atom. The van der Waals surface area contributed by atoms with E-state index in [1.54, 1.807) is 0 Å². The van der Waals surface area contributed by atoms with Gasteiger partial charge in [-0.05, 0) is 69.2 Å². The first-order valence-electron chi connectivity index (χ1n) is 10.9. The van der Waals surface area contributed by atoms with E-state index in [1.807, 2.05) is 44.3 Å². The average molecular weight is 422 g/mol. The van der Waals surface area contributed by atoms with Crippen molar-refractivity contribution in [3.8, 4) is 0 Å². The summed E-state index contributed by atoms with van der Waals surface area (Å²) in [5.74, 6) is 0.519. The molecule has 1 saturated heterocycles. The molecule has 3 heterocycles. The Morgan fingerprint density at radius 3 is 2.68 bits per heavy atom. The van der Waals surface area contributed by atoms with Gasteiger partial charge in [-0.2, -0.15) is 0 Å². The van der Waals surface area contributed by atoms with Crippen LogP contribution in [-0.4, -0.2) is 46.2 Å². The van der Waals surface area contributed by atoms with E-state index < -0.39 is 5.60 Å². The molecular weight excluding hydrogens is 390 g/mol. The molecule has 1 aliphatic heterocycles. The van der Waals surface area contributed by atoms with Gasteiger partial charge in [0.15, 0.2) is 0 Å². The van der Waals surface area contributed by atoms with Gasteiger partial charge in [-0.3, -0.25) is 4.98 Å². The zero-order valence-electron chi connectivity index (χ0n) is 18.4. The van der Waals surface area contributed by atoms with Crippen molar-refractivity contribution in [3.63, 3.8) is 0 Å². The van der Waals surface area contributed by atoms with Gasteiger partial charge in [-0.15, -0.1) is 0 Å². The fourth-order valence-electron chi connectivity index (χ4n) is 3.81. The van der Waals surface area contributed by atoms with E-state index in [1.165, 1.54) is 5.39 Å². The smallest absolute Gasteiger partial charge is 0.410 e. The van der Waals surface area contributed by atoms with Gasteiger partial charge in [0.05, 0.1) is 23.8 Å². The molecule has 1 aliphatic rings. The number of nitrogens with one attached hydrogen (secondary N) is 3. The molecule has 4 rings (SSSR count). The molecule has 164 valence electrons. The highest BCUT2D eigenvalue weighted by Crippen LogP contribution is 2.24. The van der Waals surface area contributed by atoms with Crippen molar-refractivity contribution >= 4 is 34.1 Å². The standard InChI is InChI=1S/C24H31N5O2/c1-24(2,3)31-23(30)29-10-7-17(8-11-29)14-27-20-12-21(16-25-15-20)28-19-5-4-18-6-9-26-22(18)13-19/h4-6,9,12-13,15-17,26-28H,7-8,10-11,14H2,1-3H3. The number of piperidine rings is 1. The second-order valence-electron chi connectivity index (χ2n) is 9.16. The number of pyridine rings is 1. The predicted octanol–water partition coefficient (Wildman–Crippen LogP) is 5.37. The average Bonchev–Trinajstić information content (AvgIpc) is 3.20. The summed E-state index contributed by atoms with van der Waals surface area (Å²) < 4.78 is 5.48. The summed E-state index contributed by atoms with van der Waals surface area (Å²) in [6.45, 7) is 8.04. The van der Waals surface area contributed by atoms with Crippen molar-refractivity contribution < 1.29 is 9.53 Å². The van der Waals surface area contributed by atoms with Crippen LogP contribution in [-0.2, 0) is 4.74 Å². The quantitative estimate of drug-likeness (QED) is 0.516. The SMILES string of the molecule is CC(C)(C)OC(=O)N1CCC(CNc2cncc(Nc3ccc4cc[nH]c4c3)c2)CC1. The summed E-state index contributed by atoms with van der Waals surface area (Å²) in [5.41, 5.74) is 3.60. The number of H-pyrrole nitrogens is 1. The first-order chi connectivity index (χ1) is 14.9. The van der Waals surface area contributed by atoms with Crippen LogP contribution in [0.15, 0.2) is 48.9 Å². The van der Waals surface area contributed by atoms with Gasteiger partial charge < -0.3 is 25.3 Å². The highest BCUT2D eigenvalue weighted by Gasteiger charge is 2.26. The number of rotatable bonds is 5. The third kappa shape index (κ3) is 5.69. The summed E-state index contributed by atoms with van der Waals surface area (Å²) in [5, 5.41) is 8.12. The molecule has 0 spiro atoms. The number of anilines is 3. The molecule has 0 radical (unpaired) electrons. The van der Waals surface area contributed by atoms with Crippen molar-refractivity contribution in [2.24, 2.45) is 5.92 Å². The number of fused-ring (bicyclic) bond motifs is 1. The Balaban J connectivity index is 1.27. The lowest BCUT2D eigenvalue weighted by atomic mass is 9.97. The van der Waals surface area contributed by atoms with E-state index in [0.29, 0.717) is 5.92 Å². The predicted molar refractivity (Wildman–Crippen MR) is 125 cm³/mol. The van der Waals surface area contributed by atoms with E-state index >= 15 is 0 Å². The summed E-state index contributed by atoms with van der Waals surface area (Å²) in [6.07, 6.45) is 7.33. The first kappa shape index (κ1) is 21.0. The van der Waals surface area contributed by atoms with Crippen LogP contribution >= 0.6 is 0 Å². The molecule has 0 bridgehead atoms. The molecule has 3 N–H and O–H groups in total. The maximum absolute atomic E-state index is 12.2. The molecule has 7 heteroatoms. The summed E-state index contributed by atoms with van der Waals surface area (Å²) in [4.78, 5) is 21.6. The molecule has 7 nitrogen and oxygen atoms in total. The van der Waals surface area contributed by atoms with Gasteiger partial charge >= 0.3 is 6.09 Å². The van der Waals surface area contributed by atoms with Crippen LogP contribution in [0, 0.1) is 5.92 Å². The third-order valence-corrected chi connectivity index (χ3v) is 5.44. The lowest BCUT2D eigenvalue weighted by Gasteiger charge is -2.33. The van der Waals surface area contributed by atoms with Crippen molar-refractivity contribution in [2.45, 2.75) is 39.2 Å². The Labute approximate surface area is 183 Å². The largest absolute Gasteiger partial charge is 0.444 e. The number of carbonyl (C=O) groups is 1. The molecule has 0 atom stereocenters. The minimum Gasteiger partial charge on any atom is -0.444 e. The highest BCUT2D eigenvalue weighted by molar-refractivity contribution is 5.83. The zero-order chi connectivity index (χ0) is 21.8. The highest BCUT2D eigenvalue weighted by atomic mass is 16.6. The van der Waals surface area contributed by atoms with E-state index in [-0.39, 0.29) is 6.09 Å². The van der Waals surface area contributed by atoms with Crippen molar-refractivity contribution in [1.82, 2.24) is 14.9 Å². The van der Waals surface area contributed by atoms with Crippen LogP contribution in [0.3, 0.4) is 0 Å². The number of ether oxygens (including phenoxy) is 1. The molecule has 1 fully saturated rings. The van der Waals surface area contributed by atoms with Gasteiger partial charge in [0.25, 0.3) is 0 Å². The van der Waals surface area contributed by atoms with Crippen LogP contribution < -0.4 is 10.6 Å².